The molecule has 0 spiro atoms. The van der Waals surface area contributed by atoms with E-state index in [4.69, 9.17) is 16.2 Å². The van der Waals surface area contributed by atoms with E-state index in [0.29, 0.717) is 19.0 Å². The Balaban J connectivity index is 2.65. The normalized spacial score (nSPS) is 12.8. The zero-order chi connectivity index (χ0) is 13.5. The second-order valence-corrected chi connectivity index (χ2v) is 4.85. The summed E-state index contributed by atoms with van der Waals surface area (Å²) in [5.74, 6) is 1.43. The molecule has 0 saturated heterocycles. The molecule has 0 radical (unpaired) electrons. The predicted molar refractivity (Wildman–Crippen MR) is 75.8 cm³/mol. The maximum Gasteiger partial charge on any atom is 0.123 e. The number of ether oxygens (including phenoxy) is 1. The van der Waals surface area contributed by atoms with Gasteiger partial charge in [-0.3, -0.25) is 0 Å². The molecule has 4 nitrogen and oxygen atoms in total. The molecule has 0 amide bonds. The van der Waals surface area contributed by atoms with Crippen molar-refractivity contribution in [2.75, 3.05) is 20.2 Å². The summed E-state index contributed by atoms with van der Waals surface area (Å²) in [6, 6.07) is 6.36. The smallest absolute Gasteiger partial charge is 0.123 e. The summed E-state index contributed by atoms with van der Waals surface area (Å²) in [5, 5.41) is 3.29. The highest BCUT2D eigenvalue weighted by Gasteiger charge is 2.07. The van der Waals surface area contributed by atoms with Crippen LogP contribution in [0.1, 0.15) is 30.9 Å². The molecule has 0 aromatic heterocycles. The summed E-state index contributed by atoms with van der Waals surface area (Å²) in [7, 11) is 1.70. The Labute approximate surface area is 110 Å². The molecule has 102 valence electrons. The maximum atomic E-state index is 5.75. The fourth-order valence-electron chi connectivity index (χ4n) is 1.74. The van der Waals surface area contributed by atoms with E-state index in [0.717, 1.165) is 17.9 Å². The Kier molecular flexibility index (Phi) is 6.12. The summed E-state index contributed by atoms with van der Waals surface area (Å²) in [4.78, 5) is 0. The van der Waals surface area contributed by atoms with Crippen LogP contribution in [-0.2, 0) is 6.54 Å². The number of hydrogen-bond donors (Lipinski definition) is 3. The first kappa shape index (κ1) is 15.0. The van der Waals surface area contributed by atoms with Gasteiger partial charge in [-0.1, -0.05) is 26.0 Å². The quantitative estimate of drug-likeness (QED) is 0.680. The van der Waals surface area contributed by atoms with Crippen LogP contribution in [0.4, 0.5) is 0 Å². The lowest BCUT2D eigenvalue weighted by atomic mass is 10.0. The van der Waals surface area contributed by atoms with Crippen LogP contribution in [0.2, 0.25) is 0 Å². The molecule has 5 N–H and O–H groups in total. The molecular weight excluding hydrogens is 226 g/mol. The highest BCUT2D eigenvalue weighted by atomic mass is 16.5. The molecule has 0 aliphatic carbocycles. The van der Waals surface area contributed by atoms with E-state index in [1.54, 1.807) is 7.11 Å². The minimum absolute atomic E-state index is 0.00549. The number of methoxy groups -OCH3 is 1. The Morgan fingerprint density at radius 2 is 2.06 bits per heavy atom. The van der Waals surface area contributed by atoms with Gasteiger partial charge in [-0.2, -0.15) is 0 Å². The summed E-state index contributed by atoms with van der Waals surface area (Å²) in [5.41, 5.74) is 13.7. The Morgan fingerprint density at radius 1 is 1.33 bits per heavy atom. The van der Waals surface area contributed by atoms with Gasteiger partial charge in [-0.05, 0) is 17.5 Å². The van der Waals surface area contributed by atoms with Crippen molar-refractivity contribution in [2.24, 2.45) is 11.5 Å². The van der Waals surface area contributed by atoms with Crippen LogP contribution < -0.4 is 21.5 Å². The van der Waals surface area contributed by atoms with Crippen LogP contribution in [0.5, 0.6) is 5.75 Å². The summed E-state index contributed by atoms with van der Waals surface area (Å²) in [6.07, 6.45) is 0. The lowest BCUT2D eigenvalue weighted by Gasteiger charge is -2.14. The zero-order valence-corrected chi connectivity index (χ0v) is 11.6. The van der Waals surface area contributed by atoms with Gasteiger partial charge >= 0.3 is 0 Å². The molecule has 0 bridgehead atoms. The van der Waals surface area contributed by atoms with Crippen LogP contribution in [0, 0.1) is 0 Å². The Morgan fingerprint density at radius 3 is 2.61 bits per heavy atom. The second-order valence-electron chi connectivity index (χ2n) is 4.85. The van der Waals surface area contributed by atoms with E-state index >= 15 is 0 Å². The first-order valence-corrected chi connectivity index (χ1v) is 6.41. The van der Waals surface area contributed by atoms with E-state index in [1.807, 2.05) is 0 Å². The molecule has 1 atom stereocenters. The molecule has 1 unspecified atom stereocenters. The largest absolute Gasteiger partial charge is 0.496 e. The van der Waals surface area contributed by atoms with Gasteiger partial charge in [0.1, 0.15) is 5.75 Å². The number of hydrogen-bond acceptors (Lipinski definition) is 4. The molecule has 4 heteroatoms. The maximum absolute atomic E-state index is 5.75. The van der Waals surface area contributed by atoms with Crippen molar-refractivity contribution in [3.05, 3.63) is 29.3 Å². The third kappa shape index (κ3) is 4.29. The van der Waals surface area contributed by atoms with Gasteiger partial charge < -0.3 is 21.5 Å². The number of rotatable bonds is 7. The third-order valence-corrected chi connectivity index (χ3v) is 3.00. The molecule has 0 saturated carbocycles. The second kappa shape index (κ2) is 7.36. The lowest BCUT2D eigenvalue weighted by Crippen LogP contribution is -2.39. The predicted octanol–water partition coefficient (Wildman–Crippen LogP) is 1.19. The average Bonchev–Trinajstić information content (AvgIpc) is 2.38. The molecule has 1 aromatic rings. The molecule has 1 aromatic carbocycles. The van der Waals surface area contributed by atoms with Crippen LogP contribution in [0.15, 0.2) is 18.2 Å². The summed E-state index contributed by atoms with van der Waals surface area (Å²) >= 11 is 0. The first-order chi connectivity index (χ1) is 8.58. The van der Waals surface area contributed by atoms with E-state index in [1.165, 1.54) is 5.56 Å². The van der Waals surface area contributed by atoms with Crippen LogP contribution in [-0.4, -0.2) is 26.2 Å². The third-order valence-electron chi connectivity index (χ3n) is 3.00. The van der Waals surface area contributed by atoms with Gasteiger partial charge in [0.25, 0.3) is 0 Å². The standard InChI is InChI=1S/C14H25N3O/c1-10(2)11-4-5-12(14(6-11)18-3)8-17-9-13(16)7-15/h4-6,10,13,17H,7-9,15-16H2,1-3H3. The van der Waals surface area contributed by atoms with Crippen molar-refractivity contribution >= 4 is 0 Å². The number of nitrogens with two attached hydrogens (primary N) is 2. The fourth-order valence-corrected chi connectivity index (χ4v) is 1.74. The van der Waals surface area contributed by atoms with Crippen molar-refractivity contribution in [1.82, 2.24) is 5.32 Å². The van der Waals surface area contributed by atoms with Crippen molar-refractivity contribution in [3.63, 3.8) is 0 Å². The average molecular weight is 251 g/mol. The molecule has 18 heavy (non-hydrogen) atoms. The van der Waals surface area contributed by atoms with Gasteiger partial charge in [0.05, 0.1) is 7.11 Å². The van der Waals surface area contributed by atoms with Crippen molar-refractivity contribution in [3.8, 4) is 5.75 Å². The Hall–Kier alpha value is -1.10. The highest BCUT2D eigenvalue weighted by Crippen LogP contribution is 2.24. The summed E-state index contributed by atoms with van der Waals surface area (Å²) < 4.78 is 5.42. The highest BCUT2D eigenvalue weighted by molar-refractivity contribution is 5.38. The van der Waals surface area contributed by atoms with Gasteiger partial charge in [0.15, 0.2) is 0 Å². The summed E-state index contributed by atoms with van der Waals surface area (Å²) in [6.45, 7) is 6.30. The Bertz CT molecular complexity index is 366. The minimum atomic E-state index is 0.00549. The molecule has 0 heterocycles. The van der Waals surface area contributed by atoms with Crippen LogP contribution in [0.3, 0.4) is 0 Å². The topological polar surface area (TPSA) is 73.3 Å². The molecular formula is C14H25N3O. The molecule has 0 fully saturated rings. The fraction of sp³-hybridized carbons (Fsp3) is 0.571. The molecule has 0 aliphatic rings. The number of benzene rings is 1. The van der Waals surface area contributed by atoms with Crippen LogP contribution in [0.25, 0.3) is 0 Å². The minimum Gasteiger partial charge on any atom is -0.496 e. The van der Waals surface area contributed by atoms with Gasteiger partial charge in [0.2, 0.25) is 0 Å². The van der Waals surface area contributed by atoms with Crippen molar-refractivity contribution in [2.45, 2.75) is 32.4 Å². The lowest BCUT2D eigenvalue weighted by molar-refractivity contribution is 0.406. The monoisotopic (exact) mass is 251 g/mol. The van der Waals surface area contributed by atoms with E-state index in [9.17, 15) is 0 Å². The van der Waals surface area contributed by atoms with Gasteiger partial charge in [-0.25, -0.2) is 0 Å². The first-order valence-electron chi connectivity index (χ1n) is 6.41. The van der Waals surface area contributed by atoms with E-state index in [-0.39, 0.29) is 6.04 Å². The van der Waals surface area contributed by atoms with E-state index < -0.39 is 0 Å². The van der Waals surface area contributed by atoms with E-state index in [2.05, 4.69) is 37.4 Å². The zero-order valence-electron chi connectivity index (χ0n) is 11.6. The number of nitrogens with one attached hydrogen (secondary N) is 1. The van der Waals surface area contributed by atoms with Crippen LogP contribution >= 0.6 is 0 Å². The molecule has 1 rings (SSSR count). The molecule has 0 aliphatic heterocycles. The van der Waals surface area contributed by atoms with Gasteiger partial charge in [0, 0.05) is 31.2 Å². The van der Waals surface area contributed by atoms with Gasteiger partial charge in [-0.15, -0.1) is 0 Å². The van der Waals surface area contributed by atoms with Crippen molar-refractivity contribution < 1.29 is 4.74 Å². The van der Waals surface area contributed by atoms with Crippen molar-refractivity contribution in [1.29, 1.82) is 0 Å². The SMILES string of the molecule is COc1cc(C(C)C)ccc1CNCC(N)CN.